The minimum atomic E-state index is -0.275. The van der Waals surface area contributed by atoms with E-state index in [4.69, 9.17) is 4.74 Å². The Morgan fingerprint density at radius 3 is 2.24 bits per heavy atom. The highest BCUT2D eigenvalue weighted by atomic mass is 16.5. The van der Waals surface area contributed by atoms with E-state index in [1.807, 2.05) is 77.1 Å². The molecule has 3 aromatic rings. The number of nitrogens with one attached hydrogen (secondary N) is 2. The minimum absolute atomic E-state index is 0.118. The standard InChI is InChI=1S/C23H26N4O2/c1-14(2)29-20-10-8-18(9-11-20)26-23-24-17(5)13-21(27-23)22(28)25-19-7-6-15(3)16(4)12-19/h6-14H,1-5H3,(H,25,28)(H,24,26,27). The number of aromatic nitrogens is 2. The lowest BCUT2D eigenvalue weighted by atomic mass is 10.1. The van der Waals surface area contributed by atoms with E-state index in [0.717, 1.165) is 22.7 Å². The zero-order valence-corrected chi connectivity index (χ0v) is 17.4. The van der Waals surface area contributed by atoms with Crippen LogP contribution in [0.5, 0.6) is 5.75 Å². The summed E-state index contributed by atoms with van der Waals surface area (Å²) in [6, 6.07) is 15.0. The number of nitrogens with zero attached hydrogens (tertiary/aromatic N) is 2. The summed E-state index contributed by atoms with van der Waals surface area (Å²) in [7, 11) is 0. The molecule has 0 bridgehead atoms. The van der Waals surface area contributed by atoms with Gasteiger partial charge in [-0.05, 0) is 88.2 Å². The summed E-state index contributed by atoms with van der Waals surface area (Å²) in [6.07, 6.45) is 0.118. The molecule has 1 heterocycles. The predicted octanol–water partition coefficient (Wildman–Crippen LogP) is 5.18. The molecule has 2 aromatic carbocycles. The van der Waals surface area contributed by atoms with Crippen molar-refractivity contribution in [1.29, 1.82) is 0 Å². The van der Waals surface area contributed by atoms with Gasteiger partial charge in [0.05, 0.1) is 6.10 Å². The summed E-state index contributed by atoms with van der Waals surface area (Å²) in [5.41, 5.74) is 4.86. The van der Waals surface area contributed by atoms with E-state index < -0.39 is 0 Å². The molecule has 150 valence electrons. The van der Waals surface area contributed by atoms with Crippen LogP contribution < -0.4 is 15.4 Å². The first-order valence-electron chi connectivity index (χ1n) is 9.58. The number of anilines is 3. The van der Waals surface area contributed by atoms with Gasteiger partial charge >= 0.3 is 0 Å². The van der Waals surface area contributed by atoms with Gasteiger partial charge in [0.1, 0.15) is 11.4 Å². The van der Waals surface area contributed by atoms with Crippen molar-refractivity contribution in [2.24, 2.45) is 0 Å². The number of hydrogen-bond donors (Lipinski definition) is 2. The molecule has 2 N–H and O–H groups in total. The van der Waals surface area contributed by atoms with E-state index in [9.17, 15) is 4.79 Å². The van der Waals surface area contributed by atoms with Crippen LogP contribution in [0.3, 0.4) is 0 Å². The fourth-order valence-corrected chi connectivity index (χ4v) is 2.77. The number of carbonyl (C=O) groups excluding carboxylic acids is 1. The third-order valence-corrected chi connectivity index (χ3v) is 4.33. The fraction of sp³-hybridized carbons (Fsp3) is 0.261. The lowest BCUT2D eigenvalue weighted by Gasteiger charge is -2.12. The maximum Gasteiger partial charge on any atom is 0.274 e. The second-order valence-electron chi connectivity index (χ2n) is 7.29. The predicted molar refractivity (Wildman–Crippen MR) is 116 cm³/mol. The quantitative estimate of drug-likeness (QED) is 0.606. The second kappa shape index (κ2) is 8.73. The first kappa shape index (κ1) is 20.3. The molecular formula is C23H26N4O2. The molecule has 0 atom stereocenters. The number of hydrogen-bond acceptors (Lipinski definition) is 5. The molecular weight excluding hydrogens is 364 g/mol. The van der Waals surface area contributed by atoms with Gasteiger partial charge in [0.2, 0.25) is 5.95 Å². The van der Waals surface area contributed by atoms with E-state index in [0.29, 0.717) is 17.3 Å². The number of rotatable bonds is 6. The van der Waals surface area contributed by atoms with Crippen LogP contribution >= 0.6 is 0 Å². The maximum atomic E-state index is 12.7. The summed E-state index contributed by atoms with van der Waals surface area (Å²) >= 11 is 0. The van der Waals surface area contributed by atoms with Crippen LogP contribution in [-0.2, 0) is 0 Å². The van der Waals surface area contributed by atoms with Gasteiger partial charge in [-0.2, -0.15) is 0 Å². The minimum Gasteiger partial charge on any atom is -0.491 e. The van der Waals surface area contributed by atoms with E-state index in [1.54, 1.807) is 6.07 Å². The molecule has 6 nitrogen and oxygen atoms in total. The molecule has 0 saturated carbocycles. The van der Waals surface area contributed by atoms with Crippen LogP contribution in [0.4, 0.5) is 17.3 Å². The number of aryl methyl sites for hydroxylation is 3. The molecule has 0 saturated heterocycles. The zero-order valence-electron chi connectivity index (χ0n) is 17.4. The maximum absolute atomic E-state index is 12.7. The SMILES string of the molecule is Cc1cc(C(=O)Nc2ccc(C)c(C)c2)nc(Nc2ccc(OC(C)C)cc2)n1. The number of benzene rings is 2. The van der Waals surface area contributed by atoms with Crippen molar-refractivity contribution in [3.8, 4) is 5.75 Å². The molecule has 0 fully saturated rings. The second-order valence-corrected chi connectivity index (χ2v) is 7.29. The normalized spacial score (nSPS) is 10.7. The van der Waals surface area contributed by atoms with Gasteiger partial charge in [-0.3, -0.25) is 4.79 Å². The molecule has 6 heteroatoms. The monoisotopic (exact) mass is 390 g/mol. The van der Waals surface area contributed by atoms with Gasteiger partial charge in [-0.15, -0.1) is 0 Å². The van der Waals surface area contributed by atoms with Crippen LogP contribution in [0.25, 0.3) is 0 Å². The average Bonchev–Trinajstić information content (AvgIpc) is 2.65. The molecule has 0 spiro atoms. The highest BCUT2D eigenvalue weighted by Gasteiger charge is 2.12. The van der Waals surface area contributed by atoms with E-state index in [-0.39, 0.29) is 12.0 Å². The average molecular weight is 390 g/mol. The molecule has 0 aliphatic rings. The van der Waals surface area contributed by atoms with E-state index in [1.165, 1.54) is 5.56 Å². The van der Waals surface area contributed by atoms with Crippen molar-refractivity contribution in [2.75, 3.05) is 10.6 Å². The zero-order chi connectivity index (χ0) is 21.0. The van der Waals surface area contributed by atoms with Crippen molar-refractivity contribution in [3.63, 3.8) is 0 Å². The Bertz CT molecular complexity index is 1010. The Morgan fingerprint density at radius 1 is 0.897 bits per heavy atom. The van der Waals surface area contributed by atoms with E-state index >= 15 is 0 Å². The smallest absolute Gasteiger partial charge is 0.274 e. The van der Waals surface area contributed by atoms with Crippen LogP contribution in [0.2, 0.25) is 0 Å². The van der Waals surface area contributed by atoms with Crippen molar-refractivity contribution in [2.45, 2.75) is 40.7 Å². The molecule has 0 aliphatic carbocycles. The Balaban J connectivity index is 1.75. The number of carbonyl (C=O) groups is 1. The summed E-state index contributed by atoms with van der Waals surface area (Å²) < 4.78 is 5.65. The number of amides is 1. The number of ether oxygens (including phenoxy) is 1. The largest absolute Gasteiger partial charge is 0.491 e. The van der Waals surface area contributed by atoms with Gasteiger partial charge in [-0.1, -0.05) is 6.07 Å². The Labute approximate surface area is 171 Å². The Kier molecular flexibility index (Phi) is 6.12. The lowest BCUT2D eigenvalue weighted by Crippen LogP contribution is -2.15. The van der Waals surface area contributed by atoms with Crippen molar-refractivity contribution in [1.82, 2.24) is 9.97 Å². The van der Waals surface area contributed by atoms with Crippen LogP contribution in [-0.4, -0.2) is 22.0 Å². The lowest BCUT2D eigenvalue weighted by molar-refractivity contribution is 0.102. The molecule has 1 amide bonds. The summed E-state index contributed by atoms with van der Waals surface area (Å²) in [5, 5.41) is 6.04. The van der Waals surface area contributed by atoms with Gasteiger partial charge < -0.3 is 15.4 Å². The van der Waals surface area contributed by atoms with Gasteiger partial charge in [0, 0.05) is 17.1 Å². The van der Waals surface area contributed by atoms with Crippen molar-refractivity contribution >= 4 is 23.2 Å². The molecule has 3 rings (SSSR count). The molecule has 0 unspecified atom stereocenters. The van der Waals surface area contributed by atoms with Crippen molar-refractivity contribution < 1.29 is 9.53 Å². The molecule has 0 aliphatic heterocycles. The third-order valence-electron chi connectivity index (χ3n) is 4.33. The highest BCUT2D eigenvalue weighted by molar-refractivity contribution is 6.03. The first-order valence-corrected chi connectivity index (χ1v) is 9.58. The topological polar surface area (TPSA) is 76.1 Å². The van der Waals surface area contributed by atoms with Crippen LogP contribution in [0, 0.1) is 20.8 Å². The Hall–Kier alpha value is -3.41. The van der Waals surface area contributed by atoms with Gasteiger partial charge in [-0.25, -0.2) is 9.97 Å². The summed E-state index contributed by atoms with van der Waals surface area (Å²) in [4.78, 5) is 21.4. The van der Waals surface area contributed by atoms with Crippen LogP contribution in [0.1, 0.15) is 41.2 Å². The molecule has 1 aromatic heterocycles. The summed E-state index contributed by atoms with van der Waals surface area (Å²) in [6.45, 7) is 9.85. The molecule has 29 heavy (non-hydrogen) atoms. The summed E-state index contributed by atoms with van der Waals surface area (Å²) in [5.74, 6) is 0.888. The third kappa shape index (κ3) is 5.54. The van der Waals surface area contributed by atoms with E-state index in [2.05, 4.69) is 20.6 Å². The van der Waals surface area contributed by atoms with Gasteiger partial charge in [0.15, 0.2) is 0 Å². The first-order chi connectivity index (χ1) is 13.8. The molecule has 0 radical (unpaired) electrons. The van der Waals surface area contributed by atoms with Crippen molar-refractivity contribution in [3.05, 3.63) is 71.0 Å². The fourth-order valence-electron chi connectivity index (χ4n) is 2.77. The van der Waals surface area contributed by atoms with Gasteiger partial charge in [0.25, 0.3) is 5.91 Å². The highest BCUT2D eigenvalue weighted by Crippen LogP contribution is 2.20. The Morgan fingerprint density at radius 2 is 1.59 bits per heavy atom. The van der Waals surface area contributed by atoms with Crippen LogP contribution in [0.15, 0.2) is 48.5 Å².